The zero-order valence-corrected chi connectivity index (χ0v) is 10.9. The largest absolute Gasteiger partial charge is 0.394 e. The predicted molar refractivity (Wildman–Crippen MR) is 73.9 cm³/mol. The maximum absolute atomic E-state index is 9.39. The Morgan fingerprint density at radius 1 is 1.21 bits per heavy atom. The summed E-state index contributed by atoms with van der Waals surface area (Å²) in [6.07, 6.45) is 0.639. The highest BCUT2D eigenvalue weighted by Crippen LogP contribution is 2.10. The van der Waals surface area contributed by atoms with Crippen LogP contribution in [-0.2, 0) is 6.42 Å². The summed E-state index contributed by atoms with van der Waals surface area (Å²) in [5.41, 5.74) is 6.58. The van der Waals surface area contributed by atoms with Crippen molar-refractivity contribution < 1.29 is 5.11 Å². The molecule has 0 saturated carbocycles. The summed E-state index contributed by atoms with van der Waals surface area (Å²) in [6, 6.07) is 9.58. The number of hydrogen-bond acceptors (Lipinski definition) is 6. The first-order valence-corrected chi connectivity index (χ1v) is 6.13. The van der Waals surface area contributed by atoms with E-state index in [0.717, 1.165) is 5.56 Å². The van der Waals surface area contributed by atoms with E-state index in [4.69, 9.17) is 17.3 Å². The maximum Gasteiger partial charge on any atom is 0.229 e. The molecule has 0 aliphatic carbocycles. The molecule has 2 rings (SSSR count). The highest BCUT2D eigenvalue weighted by molar-refractivity contribution is 6.28. The van der Waals surface area contributed by atoms with Crippen LogP contribution in [0, 0.1) is 0 Å². The van der Waals surface area contributed by atoms with Gasteiger partial charge >= 0.3 is 0 Å². The van der Waals surface area contributed by atoms with Gasteiger partial charge in [-0.1, -0.05) is 30.3 Å². The minimum atomic E-state index is -0.222. The summed E-state index contributed by atoms with van der Waals surface area (Å²) in [7, 11) is 0. The summed E-state index contributed by atoms with van der Waals surface area (Å²) < 4.78 is 0. The van der Waals surface area contributed by atoms with E-state index in [2.05, 4.69) is 20.3 Å². The van der Waals surface area contributed by atoms with Crippen molar-refractivity contribution in [2.24, 2.45) is 0 Å². The lowest BCUT2D eigenvalue weighted by Gasteiger charge is -2.16. The van der Waals surface area contributed by atoms with E-state index in [0.29, 0.717) is 6.42 Å². The van der Waals surface area contributed by atoms with Gasteiger partial charge in [-0.3, -0.25) is 0 Å². The lowest BCUT2D eigenvalue weighted by Crippen LogP contribution is -2.27. The number of aromatic nitrogens is 3. The lowest BCUT2D eigenvalue weighted by molar-refractivity contribution is 0.273. The van der Waals surface area contributed by atoms with Crippen molar-refractivity contribution in [2.45, 2.75) is 12.5 Å². The molecule has 0 amide bonds. The highest BCUT2D eigenvalue weighted by atomic mass is 35.5. The van der Waals surface area contributed by atoms with Gasteiger partial charge in [-0.05, 0) is 23.6 Å². The van der Waals surface area contributed by atoms with Gasteiger partial charge in [0.1, 0.15) is 0 Å². The Hall–Kier alpha value is -1.92. The fraction of sp³-hybridized carbons (Fsp3) is 0.250. The number of aliphatic hydroxyl groups is 1. The second-order valence-corrected chi connectivity index (χ2v) is 4.34. The number of nitrogens with zero attached hydrogens (tertiary/aromatic N) is 3. The zero-order valence-electron chi connectivity index (χ0n) is 10.1. The van der Waals surface area contributed by atoms with E-state index >= 15 is 0 Å². The summed E-state index contributed by atoms with van der Waals surface area (Å²) in [5, 5.41) is 12.4. The molecule has 0 fully saturated rings. The smallest absolute Gasteiger partial charge is 0.229 e. The van der Waals surface area contributed by atoms with Crippen LogP contribution >= 0.6 is 11.6 Å². The maximum atomic E-state index is 9.39. The summed E-state index contributed by atoms with van der Waals surface area (Å²) in [4.78, 5) is 11.5. The molecule has 4 N–H and O–H groups in total. The second kappa shape index (κ2) is 6.31. The van der Waals surface area contributed by atoms with Crippen LogP contribution in [0.2, 0.25) is 5.28 Å². The van der Waals surface area contributed by atoms with Gasteiger partial charge in [0.15, 0.2) is 0 Å². The molecule has 6 nitrogen and oxygen atoms in total. The van der Waals surface area contributed by atoms with Crippen LogP contribution in [0.25, 0.3) is 0 Å². The topological polar surface area (TPSA) is 97.0 Å². The molecule has 0 bridgehead atoms. The average Bonchev–Trinajstić information content (AvgIpc) is 2.38. The van der Waals surface area contributed by atoms with Gasteiger partial charge in [-0.25, -0.2) is 0 Å². The Balaban J connectivity index is 2.06. The monoisotopic (exact) mass is 279 g/mol. The molecular formula is C12H14ClN5O. The molecular weight excluding hydrogens is 266 g/mol. The number of anilines is 2. The second-order valence-electron chi connectivity index (χ2n) is 4.00. The van der Waals surface area contributed by atoms with Crippen LogP contribution in [0.3, 0.4) is 0 Å². The number of aliphatic hydroxyl groups excluding tert-OH is 1. The van der Waals surface area contributed by atoms with Gasteiger partial charge < -0.3 is 16.2 Å². The number of hydrogen-bond donors (Lipinski definition) is 3. The number of nitrogens with one attached hydrogen (secondary N) is 1. The van der Waals surface area contributed by atoms with E-state index < -0.39 is 0 Å². The predicted octanol–water partition coefficient (Wildman–Crippen LogP) is 1.12. The minimum Gasteiger partial charge on any atom is -0.394 e. The molecule has 0 saturated heterocycles. The molecule has 2 aromatic rings. The van der Waals surface area contributed by atoms with Crippen molar-refractivity contribution in [2.75, 3.05) is 17.7 Å². The van der Waals surface area contributed by atoms with E-state index in [-0.39, 0.29) is 29.8 Å². The molecule has 1 atom stereocenters. The van der Waals surface area contributed by atoms with Crippen LogP contribution in [0.4, 0.5) is 11.9 Å². The average molecular weight is 280 g/mol. The van der Waals surface area contributed by atoms with Crippen LogP contribution in [0.1, 0.15) is 5.56 Å². The van der Waals surface area contributed by atoms with Gasteiger partial charge in [-0.15, -0.1) is 0 Å². The van der Waals surface area contributed by atoms with E-state index in [1.165, 1.54) is 0 Å². The molecule has 0 radical (unpaired) electrons. The first-order chi connectivity index (χ1) is 9.17. The lowest BCUT2D eigenvalue weighted by atomic mass is 10.1. The van der Waals surface area contributed by atoms with E-state index in [9.17, 15) is 5.11 Å². The summed E-state index contributed by atoms with van der Waals surface area (Å²) in [5.74, 6) is 0.298. The fourth-order valence-electron chi connectivity index (χ4n) is 1.67. The van der Waals surface area contributed by atoms with Crippen molar-refractivity contribution in [3.8, 4) is 0 Å². The summed E-state index contributed by atoms with van der Waals surface area (Å²) in [6.45, 7) is -0.0574. The molecule has 0 aliphatic heterocycles. The molecule has 0 aliphatic rings. The van der Waals surface area contributed by atoms with Gasteiger partial charge in [0, 0.05) is 0 Å². The van der Waals surface area contributed by atoms with Crippen LogP contribution in [-0.4, -0.2) is 32.7 Å². The molecule has 1 heterocycles. The first kappa shape index (κ1) is 13.5. The van der Waals surface area contributed by atoms with Crippen molar-refractivity contribution in [1.82, 2.24) is 15.0 Å². The van der Waals surface area contributed by atoms with Gasteiger partial charge in [0.2, 0.25) is 17.2 Å². The molecule has 100 valence electrons. The quantitative estimate of drug-likeness (QED) is 0.759. The van der Waals surface area contributed by atoms with Gasteiger partial charge in [-0.2, -0.15) is 15.0 Å². The molecule has 0 spiro atoms. The Labute approximate surface area is 115 Å². The summed E-state index contributed by atoms with van der Waals surface area (Å²) >= 11 is 5.69. The Kier molecular flexibility index (Phi) is 4.48. The zero-order chi connectivity index (χ0) is 13.7. The number of halogens is 1. The molecule has 1 unspecified atom stereocenters. The third-order valence-corrected chi connectivity index (χ3v) is 2.67. The third-order valence-electron chi connectivity index (χ3n) is 2.50. The SMILES string of the molecule is Nc1nc(Cl)nc(NC(CO)Cc2ccccc2)n1. The third kappa shape index (κ3) is 4.04. The highest BCUT2D eigenvalue weighted by Gasteiger charge is 2.11. The number of benzene rings is 1. The van der Waals surface area contributed by atoms with Crippen LogP contribution in [0.15, 0.2) is 30.3 Å². The fourth-order valence-corrected chi connectivity index (χ4v) is 1.84. The van der Waals surface area contributed by atoms with Crippen molar-refractivity contribution in [1.29, 1.82) is 0 Å². The van der Waals surface area contributed by atoms with Crippen molar-refractivity contribution in [3.05, 3.63) is 41.2 Å². The minimum absolute atomic E-state index is 0.0198. The van der Waals surface area contributed by atoms with E-state index in [1.807, 2.05) is 30.3 Å². The Bertz CT molecular complexity index is 517. The van der Waals surface area contributed by atoms with Crippen molar-refractivity contribution in [3.63, 3.8) is 0 Å². The van der Waals surface area contributed by atoms with Gasteiger partial charge in [0.05, 0.1) is 12.6 Å². The van der Waals surface area contributed by atoms with Gasteiger partial charge in [0.25, 0.3) is 0 Å². The Morgan fingerprint density at radius 3 is 2.58 bits per heavy atom. The molecule has 1 aromatic carbocycles. The number of nitrogen functional groups attached to an aromatic ring is 1. The molecule has 19 heavy (non-hydrogen) atoms. The molecule has 7 heteroatoms. The van der Waals surface area contributed by atoms with Crippen molar-refractivity contribution >= 4 is 23.5 Å². The molecule has 1 aromatic heterocycles. The number of nitrogens with two attached hydrogens (primary N) is 1. The normalized spacial score (nSPS) is 12.1. The first-order valence-electron chi connectivity index (χ1n) is 5.75. The van der Waals surface area contributed by atoms with Crippen LogP contribution in [0.5, 0.6) is 0 Å². The van der Waals surface area contributed by atoms with Crippen LogP contribution < -0.4 is 11.1 Å². The Morgan fingerprint density at radius 2 is 1.95 bits per heavy atom. The standard InChI is InChI=1S/C12H14ClN5O/c13-10-16-11(14)18-12(17-10)15-9(7-19)6-8-4-2-1-3-5-8/h1-5,9,19H,6-7H2,(H3,14,15,16,17,18). The number of rotatable bonds is 5. The van der Waals surface area contributed by atoms with E-state index in [1.54, 1.807) is 0 Å².